The van der Waals surface area contributed by atoms with Crippen molar-refractivity contribution in [1.82, 2.24) is 9.55 Å². The maximum atomic E-state index is 11.8. The highest BCUT2D eigenvalue weighted by Gasteiger charge is 2.29. The number of aromatic nitrogens is 2. The van der Waals surface area contributed by atoms with Crippen molar-refractivity contribution in [1.29, 1.82) is 0 Å². The summed E-state index contributed by atoms with van der Waals surface area (Å²) in [6.45, 7) is 4.45. The van der Waals surface area contributed by atoms with E-state index in [-0.39, 0.29) is 5.97 Å². The lowest BCUT2D eigenvalue weighted by Crippen LogP contribution is -2.46. The molecule has 1 unspecified atom stereocenters. The molecule has 2 aromatic heterocycles. The van der Waals surface area contributed by atoms with Crippen LogP contribution < -0.4 is 5.73 Å². The summed E-state index contributed by atoms with van der Waals surface area (Å²) in [7, 11) is 0. The van der Waals surface area contributed by atoms with Crippen LogP contribution in [0.4, 0.5) is 0 Å². The molecule has 0 aliphatic heterocycles. The minimum atomic E-state index is -0.979. The fourth-order valence-corrected chi connectivity index (χ4v) is 2.61. The predicted molar refractivity (Wildman–Crippen MR) is 79.4 cm³/mol. The molecular weight excluding hydrogens is 274 g/mol. The molecule has 0 aromatic carbocycles. The molecule has 0 aliphatic carbocycles. The average Bonchev–Trinajstić information content (AvgIpc) is 3.07. The van der Waals surface area contributed by atoms with E-state index in [0.717, 1.165) is 10.7 Å². The minimum absolute atomic E-state index is 0.344. The Kier molecular flexibility index (Phi) is 4.57. The molecule has 0 aliphatic rings. The zero-order chi connectivity index (χ0) is 14.6. The van der Waals surface area contributed by atoms with Gasteiger partial charge in [0.05, 0.1) is 11.5 Å². The first-order valence-corrected chi connectivity index (χ1v) is 7.43. The molecule has 2 N–H and O–H groups in total. The molecule has 6 heteroatoms. The summed E-state index contributed by atoms with van der Waals surface area (Å²) < 4.78 is 7.00. The molecule has 0 saturated carbocycles. The van der Waals surface area contributed by atoms with Gasteiger partial charge in [0.2, 0.25) is 0 Å². The number of thiophene rings is 1. The number of aryl methyl sites for hydroxylation is 1. The molecule has 2 aromatic rings. The van der Waals surface area contributed by atoms with Crippen molar-refractivity contribution in [2.24, 2.45) is 5.73 Å². The van der Waals surface area contributed by atoms with E-state index in [4.69, 9.17) is 10.5 Å². The van der Waals surface area contributed by atoms with E-state index in [1.807, 2.05) is 28.3 Å². The van der Waals surface area contributed by atoms with E-state index in [1.54, 1.807) is 31.4 Å². The van der Waals surface area contributed by atoms with Crippen LogP contribution >= 0.6 is 11.3 Å². The van der Waals surface area contributed by atoms with Gasteiger partial charge in [-0.3, -0.25) is 4.79 Å². The summed E-state index contributed by atoms with van der Waals surface area (Å²) in [6, 6.07) is 4.02. The number of esters is 1. The Morgan fingerprint density at radius 1 is 1.60 bits per heavy atom. The van der Waals surface area contributed by atoms with Crippen LogP contribution in [-0.4, -0.2) is 27.7 Å². The third kappa shape index (κ3) is 3.26. The van der Waals surface area contributed by atoms with E-state index in [1.165, 1.54) is 0 Å². The Bertz CT molecular complexity index is 561. The Hall–Kier alpha value is -1.66. The third-order valence-corrected chi connectivity index (χ3v) is 3.94. The van der Waals surface area contributed by atoms with E-state index in [9.17, 15) is 4.79 Å². The molecule has 108 valence electrons. The van der Waals surface area contributed by atoms with Crippen LogP contribution in [0.1, 0.15) is 20.3 Å². The number of hydrogen-bond acceptors (Lipinski definition) is 5. The van der Waals surface area contributed by atoms with E-state index in [2.05, 4.69) is 4.98 Å². The van der Waals surface area contributed by atoms with Crippen molar-refractivity contribution in [2.75, 3.05) is 6.61 Å². The van der Waals surface area contributed by atoms with Crippen molar-refractivity contribution in [2.45, 2.75) is 32.4 Å². The van der Waals surface area contributed by atoms with Crippen LogP contribution in [0.3, 0.4) is 0 Å². The number of carbonyl (C=O) groups is 1. The third-order valence-electron chi connectivity index (χ3n) is 3.07. The summed E-state index contributed by atoms with van der Waals surface area (Å²) >= 11 is 1.64. The second-order valence-corrected chi connectivity index (χ2v) is 5.76. The topological polar surface area (TPSA) is 70.1 Å². The SMILES string of the molecule is CCOC(=O)C(C)(N)CCn1ccnc1-c1cccs1. The van der Waals surface area contributed by atoms with Crippen LogP contribution in [0.2, 0.25) is 0 Å². The van der Waals surface area contributed by atoms with Crippen molar-refractivity contribution < 1.29 is 9.53 Å². The molecule has 0 spiro atoms. The molecule has 1 atom stereocenters. The van der Waals surface area contributed by atoms with Gasteiger partial charge in [-0.1, -0.05) is 6.07 Å². The fourth-order valence-electron chi connectivity index (χ4n) is 1.87. The normalized spacial score (nSPS) is 13.9. The highest BCUT2D eigenvalue weighted by Crippen LogP contribution is 2.23. The summed E-state index contributed by atoms with van der Waals surface area (Å²) in [5, 5.41) is 2.01. The number of rotatable bonds is 6. The maximum Gasteiger partial charge on any atom is 0.325 e. The Morgan fingerprint density at radius 2 is 2.40 bits per heavy atom. The van der Waals surface area contributed by atoms with Crippen LogP contribution in [-0.2, 0) is 16.1 Å². The van der Waals surface area contributed by atoms with Gasteiger partial charge in [0.25, 0.3) is 0 Å². The van der Waals surface area contributed by atoms with Gasteiger partial charge < -0.3 is 15.0 Å². The van der Waals surface area contributed by atoms with Gasteiger partial charge in [-0.2, -0.15) is 0 Å². The fraction of sp³-hybridized carbons (Fsp3) is 0.429. The molecule has 0 bridgehead atoms. The molecule has 20 heavy (non-hydrogen) atoms. The van der Waals surface area contributed by atoms with E-state index >= 15 is 0 Å². The second-order valence-electron chi connectivity index (χ2n) is 4.81. The summed E-state index contributed by atoms with van der Waals surface area (Å²) in [6.07, 6.45) is 4.16. The Labute approximate surface area is 122 Å². The van der Waals surface area contributed by atoms with Crippen molar-refractivity contribution >= 4 is 17.3 Å². The maximum absolute atomic E-state index is 11.8. The summed E-state index contributed by atoms with van der Waals surface area (Å²) in [4.78, 5) is 17.2. The highest BCUT2D eigenvalue weighted by atomic mass is 32.1. The number of hydrogen-bond donors (Lipinski definition) is 1. The number of carbonyl (C=O) groups excluding carboxylic acids is 1. The minimum Gasteiger partial charge on any atom is -0.465 e. The average molecular weight is 293 g/mol. The number of imidazole rings is 1. The van der Waals surface area contributed by atoms with Gasteiger partial charge >= 0.3 is 5.97 Å². The molecule has 0 fully saturated rings. The van der Waals surface area contributed by atoms with Crippen LogP contribution in [0.5, 0.6) is 0 Å². The first kappa shape index (κ1) is 14.7. The summed E-state index contributed by atoms with van der Waals surface area (Å²) in [5.41, 5.74) is 5.05. The van der Waals surface area contributed by atoms with Gasteiger partial charge in [-0.25, -0.2) is 4.98 Å². The second kappa shape index (κ2) is 6.19. The Morgan fingerprint density at radius 3 is 3.05 bits per heavy atom. The van der Waals surface area contributed by atoms with Crippen LogP contribution in [0.25, 0.3) is 10.7 Å². The lowest BCUT2D eigenvalue weighted by Gasteiger charge is -2.22. The molecule has 2 heterocycles. The van der Waals surface area contributed by atoms with Gasteiger partial charge in [0.1, 0.15) is 11.4 Å². The van der Waals surface area contributed by atoms with Gasteiger partial charge in [-0.05, 0) is 31.7 Å². The zero-order valence-corrected chi connectivity index (χ0v) is 12.5. The molecule has 0 saturated heterocycles. The lowest BCUT2D eigenvalue weighted by molar-refractivity contribution is -0.149. The van der Waals surface area contributed by atoms with Gasteiger partial charge in [0, 0.05) is 18.9 Å². The highest BCUT2D eigenvalue weighted by molar-refractivity contribution is 7.13. The van der Waals surface area contributed by atoms with Gasteiger partial charge in [-0.15, -0.1) is 11.3 Å². The van der Waals surface area contributed by atoms with E-state index in [0.29, 0.717) is 19.6 Å². The molecule has 2 rings (SSSR count). The number of nitrogens with two attached hydrogens (primary N) is 1. The smallest absolute Gasteiger partial charge is 0.325 e. The standard InChI is InChI=1S/C14H19N3O2S/c1-3-19-13(18)14(2,15)6-8-17-9-7-16-12(17)11-5-4-10-20-11/h4-5,7,9-10H,3,6,8,15H2,1-2H3. The summed E-state index contributed by atoms with van der Waals surface area (Å²) in [5.74, 6) is 0.539. The molecule has 0 radical (unpaired) electrons. The largest absolute Gasteiger partial charge is 0.465 e. The van der Waals surface area contributed by atoms with Crippen LogP contribution in [0, 0.1) is 0 Å². The number of ether oxygens (including phenoxy) is 1. The zero-order valence-electron chi connectivity index (χ0n) is 11.7. The quantitative estimate of drug-likeness (QED) is 0.830. The molecule has 5 nitrogen and oxygen atoms in total. The molecular formula is C14H19N3O2S. The number of nitrogens with zero attached hydrogens (tertiary/aromatic N) is 2. The van der Waals surface area contributed by atoms with E-state index < -0.39 is 5.54 Å². The molecule has 0 amide bonds. The monoisotopic (exact) mass is 293 g/mol. The first-order chi connectivity index (χ1) is 9.54. The van der Waals surface area contributed by atoms with Gasteiger partial charge in [0.15, 0.2) is 0 Å². The first-order valence-electron chi connectivity index (χ1n) is 6.55. The Balaban J connectivity index is 2.05. The predicted octanol–water partition coefficient (Wildman–Crippen LogP) is 2.28. The van der Waals surface area contributed by atoms with Crippen molar-refractivity contribution in [3.8, 4) is 10.7 Å². The van der Waals surface area contributed by atoms with Crippen molar-refractivity contribution in [3.63, 3.8) is 0 Å². The lowest BCUT2D eigenvalue weighted by atomic mass is 9.99. The van der Waals surface area contributed by atoms with Crippen LogP contribution in [0.15, 0.2) is 29.9 Å². The van der Waals surface area contributed by atoms with Crippen molar-refractivity contribution in [3.05, 3.63) is 29.9 Å².